The lowest BCUT2D eigenvalue weighted by atomic mass is 10.00. The molecular formula is C22H37N5O2. The summed E-state index contributed by atoms with van der Waals surface area (Å²) in [6.45, 7) is 7.08. The van der Waals surface area contributed by atoms with Gasteiger partial charge in [-0.25, -0.2) is 9.78 Å². The highest BCUT2D eigenvalue weighted by atomic mass is 16.2. The van der Waals surface area contributed by atoms with Crippen LogP contribution in [0.3, 0.4) is 0 Å². The van der Waals surface area contributed by atoms with Gasteiger partial charge in [0, 0.05) is 26.7 Å². The first-order valence-corrected chi connectivity index (χ1v) is 11.4. The second-order valence-electron chi connectivity index (χ2n) is 8.50. The molecule has 0 saturated carbocycles. The van der Waals surface area contributed by atoms with E-state index in [4.69, 9.17) is 4.98 Å². The highest BCUT2D eigenvalue weighted by Crippen LogP contribution is 2.23. The number of aryl methyl sites for hydroxylation is 2. The average Bonchev–Trinajstić information content (AvgIpc) is 3.09. The molecule has 2 aromatic heterocycles. The average molecular weight is 404 g/mol. The van der Waals surface area contributed by atoms with Gasteiger partial charge in [-0.15, -0.1) is 0 Å². The molecule has 0 bridgehead atoms. The largest absolute Gasteiger partial charge is 0.332 e. The van der Waals surface area contributed by atoms with Crippen molar-refractivity contribution in [2.75, 3.05) is 6.54 Å². The Labute approximate surface area is 173 Å². The number of unbranched alkanes of at least 4 members (excludes halogenated alkanes) is 4. The molecule has 1 saturated heterocycles. The van der Waals surface area contributed by atoms with Crippen LogP contribution in [0.15, 0.2) is 9.59 Å². The second-order valence-corrected chi connectivity index (χ2v) is 8.50. The Morgan fingerprint density at radius 1 is 1.00 bits per heavy atom. The Morgan fingerprint density at radius 3 is 2.48 bits per heavy atom. The fraction of sp³-hybridized carbons (Fsp3) is 0.773. The molecule has 3 rings (SSSR count). The molecule has 29 heavy (non-hydrogen) atoms. The van der Waals surface area contributed by atoms with Gasteiger partial charge in [-0.3, -0.25) is 18.8 Å². The van der Waals surface area contributed by atoms with E-state index in [9.17, 15) is 9.59 Å². The van der Waals surface area contributed by atoms with Gasteiger partial charge in [0.05, 0.1) is 6.54 Å². The molecule has 0 aromatic carbocycles. The summed E-state index contributed by atoms with van der Waals surface area (Å²) in [5.41, 5.74) is 0.545. The summed E-state index contributed by atoms with van der Waals surface area (Å²) >= 11 is 0. The van der Waals surface area contributed by atoms with Gasteiger partial charge in [0.25, 0.3) is 5.56 Å². The van der Waals surface area contributed by atoms with Gasteiger partial charge in [-0.1, -0.05) is 46.0 Å². The number of hydrogen-bond donors (Lipinski definition) is 0. The molecule has 0 radical (unpaired) electrons. The van der Waals surface area contributed by atoms with Crippen molar-refractivity contribution in [1.82, 2.24) is 23.6 Å². The first-order chi connectivity index (χ1) is 14.0. The minimum atomic E-state index is -0.314. The van der Waals surface area contributed by atoms with Gasteiger partial charge in [0.1, 0.15) is 5.82 Å². The minimum Gasteiger partial charge on any atom is -0.321 e. The normalized spacial score (nSPS) is 18.0. The number of piperidine rings is 1. The number of rotatable bonds is 9. The maximum absolute atomic E-state index is 13.0. The summed E-state index contributed by atoms with van der Waals surface area (Å²) in [7, 11) is 3.27. The lowest BCUT2D eigenvalue weighted by Crippen LogP contribution is -2.39. The van der Waals surface area contributed by atoms with Crippen LogP contribution < -0.4 is 11.2 Å². The molecule has 1 atom stereocenters. The van der Waals surface area contributed by atoms with Gasteiger partial charge in [-0.2, -0.15) is 0 Å². The number of aromatic nitrogens is 4. The van der Waals surface area contributed by atoms with Crippen molar-refractivity contribution < 1.29 is 0 Å². The Balaban J connectivity index is 1.99. The molecular weight excluding hydrogens is 366 g/mol. The molecule has 0 amide bonds. The third-order valence-electron chi connectivity index (χ3n) is 6.48. The van der Waals surface area contributed by atoms with E-state index < -0.39 is 0 Å². The van der Waals surface area contributed by atoms with Gasteiger partial charge in [0.2, 0.25) is 0 Å². The molecule has 2 aromatic rings. The summed E-state index contributed by atoms with van der Waals surface area (Å²) in [5.74, 6) is 0.925. The molecule has 7 nitrogen and oxygen atoms in total. The first-order valence-electron chi connectivity index (χ1n) is 11.4. The van der Waals surface area contributed by atoms with E-state index in [2.05, 4.69) is 23.3 Å². The van der Waals surface area contributed by atoms with Crippen LogP contribution in [0.4, 0.5) is 0 Å². The molecule has 0 aliphatic carbocycles. The second kappa shape index (κ2) is 9.74. The maximum Gasteiger partial charge on any atom is 0.332 e. The fourth-order valence-electron chi connectivity index (χ4n) is 4.64. The van der Waals surface area contributed by atoms with Crippen molar-refractivity contribution >= 4 is 11.2 Å². The van der Waals surface area contributed by atoms with E-state index in [1.54, 1.807) is 14.1 Å². The number of nitrogens with zero attached hydrogens (tertiary/aromatic N) is 5. The van der Waals surface area contributed by atoms with Crippen LogP contribution in [0.1, 0.15) is 77.5 Å². The van der Waals surface area contributed by atoms with Crippen LogP contribution in [-0.4, -0.2) is 36.2 Å². The standard InChI is InChI=1S/C22H37N5O2/c1-5-7-8-9-11-15-27-18(16-26-14-12-10-13-17(26)6-2)23-20-19(27)21(28)25(4)22(29)24(20)3/h17H,5-16H2,1-4H3/t17-/m0/s1. The van der Waals surface area contributed by atoms with Crippen LogP contribution in [0.25, 0.3) is 11.2 Å². The van der Waals surface area contributed by atoms with Gasteiger partial charge in [0.15, 0.2) is 11.2 Å². The van der Waals surface area contributed by atoms with Crippen molar-refractivity contribution in [2.45, 2.75) is 90.8 Å². The van der Waals surface area contributed by atoms with E-state index in [0.717, 1.165) is 44.7 Å². The smallest absolute Gasteiger partial charge is 0.321 e. The Bertz CT molecular complexity index is 939. The lowest BCUT2D eigenvalue weighted by Gasteiger charge is -2.34. The Kier molecular flexibility index (Phi) is 7.33. The van der Waals surface area contributed by atoms with Crippen molar-refractivity contribution in [2.24, 2.45) is 14.1 Å². The Morgan fingerprint density at radius 2 is 1.76 bits per heavy atom. The molecule has 0 N–H and O–H groups in total. The number of hydrogen-bond acceptors (Lipinski definition) is 4. The molecule has 1 aliphatic rings. The summed E-state index contributed by atoms with van der Waals surface area (Å²) in [5, 5.41) is 0. The van der Waals surface area contributed by atoms with Crippen LogP contribution in [0, 0.1) is 0 Å². The molecule has 162 valence electrons. The van der Waals surface area contributed by atoms with Gasteiger partial charge >= 0.3 is 5.69 Å². The Hall–Kier alpha value is -1.89. The molecule has 0 unspecified atom stereocenters. The highest BCUT2D eigenvalue weighted by Gasteiger charge is 2.25. The van der Waals surface area contributed by atoms with Gasteiger partial charge in [-0.05, 0) is 32.2 Å². The van der Waals surface area contributed by atoms with E-state index in [-0.39, 0.29) is 11.2 Å². The fourth-order valence-corrected chi connectivity index (χ4v) is 4.64. The van der Waals surface area contributed by atoms with Crippen molar-refractivity contribution in [3.05, 3.63) is 26.7 Å². The lowest BCUT2D eigenvalue weighted by molar-refractivity contribution is 0.131. The zero-order valence-electron chi connectivity index (χ0n) is 18.6. The predicted octanol–water partition coefficient (Wildman–Crippen LogP) is 3.17. The third kappa shape index (κ3) is 4.49. The predicted molar refractivity (Wildman–Crippen MR) is 117 cm³/mol. The number of likely N-dealkylation sites (tertiary alicyclic amines) is 1. The summed E-state index contributed by atoms with van der Waals surface area (Å²) in [6, 6.07) is 0.577. The molecule has 1 aliphatic heterocycles. The van der Waals surface area contributed by atoms with Crippen LogP contribution in [0.5, 0.6) is 0 Å². The van der Waals surface area contributed by atoms with Crippen LogP contribution in [-0.2, 0) is 27.2 Å². The van der Waals surface area contributed by atoms with E-state index >= 15 is 0 Å². The first kappa shape index (κ1) is 21.8. The maximum atomic E-state index is 13.0. The van der Waals surface area contributed by atoms with E-state index in [0.29, 0.717) is 17.2 Å². The zero-order valence-corrected chi connectivity index (χ0v) is 18.6. The molecule has 1 fully saturated rings. The van der Waals surface area contributed by atoms with Crippen LogP contribution >= 0.6 is 0 Å². The SMILES string of the molecule is CCCCCCCn1c(CN2CCCC[C@@H]2CC)nc2c1c(=O)n(C)c(=O)n2C. The topological polar surface area (TPSA) is 65.1 Å². The molecule has 3 heterocycles. The summed E-state index contributed by atoms with van der Waals surface area (Å²) in [6.07, 6.45) is 10.7. The van der Waals surface area contributed by atoms with Crippen molar-refractivity contribution in [3.8, 4) is 0 Å². The number of fused-ring (bicyclic) bond motifs is 1. The van der Waals surface area contributed by atoms with Crippen LogP contribution in [0.2, 0.25) is 0 Å². The zero-order chi connectivity index (χ0) is 21.0. The summed E-state index contributed by atoms with van der Waals surface area (Å²) in [4.78, 5) is 32.7. The van der Waals surface area contributed by atoms with E-state index in [1.807, 2.05) is 0 Å². The van der Waals surface area contributed by atoms with Crippen molar-refractivity contribution in [1.29, 1.82) is 0 Å². The van der Waals surface area contributed by atoms with Gasteiger partial charge < -0.3 is 4.57 Å². The minimum absolute atomic E-state index is 0.235. The highest BCUT2D eigenvalue weighted by molar-refractivity contribution is 5.71. The summed E-state index contributed by atoms with van der Waals surface area (Å²) < 4.78 is 4.82. The van der Waals surface area contributed by atoms with Crippen molar-refractivity contribution in [3.63, 3.8) is 0 Å². The molecule has 0 spiro atoms. The van der Waals surface area contributed by atoms with E-state index in [1.165, 1.54) is 47.7 Å². The third-order valence-corrected chi connectivity index (χ3v) is 6.48. The quantitative estimate of drug-likeness (QED) is 0.603. The number of imidazole rings is 1. The molecule has 7 heteroatoms. The monoisotopic (exact) mass is 403 g/mol.